The first-order valence-electron chi connectivity index (χ1n) is 8.10. The molecule has 25 heavy (non-hydrogen) atoms. The number of rotatable bonds is 5. The molecule has 0 fully saturated rings. The highest BCUT2D eigenvalue weighted by Gasteiger charge is 2.13. The highest BCUT2D eigenvalue weighted by Crippen LogP contribution is 2.32. The van der Waals surface area contributed by atoms with Gasteiger partial charge in [-0.05, 0) is 54.4 Å². The Labute approximate surface area is 145 Å². The Morgan fingerprint density at radius 1 is 0.840 bits per heavy atom. The van der Waals surface area contributed by atoms with Gasteiger partial charge >= 0.3 is 0 Å². The average molecular weight is 338 g/mol. The number of fused-ring (bicyclic) bond motifs is 2. The van der Waals surface area contributed by atoms with Crippen molar-refractivity contribution in [2.24, 2.45) is 9.98 Å². The van der Waals surface area contributed by atoms with Crippen LogP contribution in [-0.2, 0) is 0 Å². The number of aliphatic imine (C=N–C) groups is 2. The molecule has 0 aromatic heterocycles. The van der Waals surface area contributed by atoms with Crippen LogP contribution in [0.2, 0.25) is 0 Å². The van der Waals surface area contributed by atoms with Gasteiger partial charge in [0.15, 0.2) is 23.0 Å². The zero-order valence-corrected chi connectivity index (χ0v) is 13.8. The Morgan fingerprint density at radius 3 is 2.04 bits per heavy atom. The van der Waals surface area contributed by atoms with E-state index in [0.29, 0.717) is 6.54 Å². The Kier molecular flexibility index (Phi) is 4.24. The van der Waals surface area contributed by atoms with Crippen molar-refractivity contribution in [1.29, 1.82) is 0 Å². The first-order valence-corrected chi connectivity index (χ1v) is 8.10. The van der Waals surface area contributed by atoms with Gasteiger partial charge in [0.1, 0.15) is 0 Å². The molecule has 0 saturated carbocycles. The van der Waals surface area contributed by atoms with Crippen LogP contribution in [0.25, 0.3) is 0 Å². The van der Waals surface area contributed by atoms with Gasteiger partial charge in [-0.15, -0.1) is 0 Å². The molecule has 0 N–H and O–H groups in total. The second-order valence-corrected chi connectivity index (χ2v) is 5.85. The van der Waals surface area contributed by atoms with E-state index in [1.165, 1.54) is 0 Å². The number of hydrogen-bond donors (Lipinski definition) is 0. The number of benzene rings is 2. The second kappa shape index (κ2) is 6.84. The van der Waals surface area contributed by atoms with Crippen molar-refractivity contribution in [3.63, 3.8) is 0 Å². The molecule has 0 amide bonds. The largest absolute Gasteiger partial charge is 0.454 e. The maximum atomic E-state index is 5.36. The van der Waals surface area contributed by atoms with Crippen LogP contribution in [-0.4, -0.2) is 38.6 Å². The summed E-state index contributed by atoms with van der Waals surface area (Å²) in [4.78, 5) is 8.99. The number of nitrogens with zero attached hydrogens (tertiary/aromatic N) is 2. The fourth-order valence-corrected chi connectivity index (χ4v) is 2.56. The summed E-state index contributed by atoms with van der Waals surface area (Å²) < 4.78 is 21.3. The van der Waals surface area contributed by atoms with Crippen LogP contribution in [0, 0.1) is 0 Å². The van der Waals surface area contributed by atoms with E-state index in [1.54, 1.807) is 0 Å². The zero-order chi connectivity index (χ0) is 17.1. The lowest BCUT2D eigenvalue weighted by molar-refractivity contribution is 0.173. The van der Waals surface area contributed by atoms with Gasteiger partial charge in [-0.1, -0.05) is 0 Å². The molecule has 0 unspecified atom stereocenters. The molecule has 0 bridgehead atoms. The Balaban J connectivity index is 1.33. The lowest BCUT2D eigenvalue weighted by Crippen LogP contribution is -2.03. The van der Waals surface area contributed by atoms with Gasteiger partial charge < -0.3 is 18.9 Å². The molecule has 4 rings (SSSR count). The van der Waals surface area contributed by atoms with Gasteiger partial charge in [0.25, 0.3) is 0 Å². The number of ether oxygens (including phenoxy) is 4. The van der Waals surface area contributed by atoms with E-state index < -0.39 is 0 Å². The maximum absolute atomic E-state index is 5.36. The van der Waals surface area contributed by atoms with Crippen LogP contribution in [0.5, 0.6) is 23.0 Å². The number of hydrogen-bond acceptors (Lipinski definition) is 6. The lowest BCUT2D eigenvalue weighted by Gasteiger charge is -2.02. The monoisotopic (exact) mass is 338 g/mol. The SMILES string of the molecule is C[C@H](CN=Cc1ccc2c(c1)OCO2)N=Cc1ccc2c(c1)OCO2. The summed E-state index contributed by atoms with van der Waals surface area (Å²) in [6.07, 6.45) is 3.66. The minimum Gasteiger partial charge on any atom is -0.454 e. The molecule has 2 aliphatic rings. The summed E-state index contributed by atoms with van der Waals surface area (Å²) in [6.45, 7) is 3.19. The third kappa shape index (κ3) is 3.57. The van der Waals surface area contributed by atoms with E-state index in [0.717, 1.165) is 34.1 Å². The van der Waals surface area contributed by atoms with Crippen LogP contribution in [0.1, 0.15) is 18.1 Å². The normalized spacial score (nSPS) is 16.0. The molecule has 1 atom stereocenters. The van der Waals surface area contributed by atoms with E-state index in [4.69, 9.17) is 18.9 Å². The smallest absolute Gasteiger partial charge is 0.231 e. The molecule has 0 spiro atoms. The molecule has 2 aromatic carbocycles. The van der Waals surface area contributed by atoms with Crippen LogP contribution < -0.4 is 18.9 Å². The third-order valence-electron chi connectivity index (χ3n) is 3.88. The van der Waals surface area contributed by atoms with Gasteiger partial charge in [0, 0.05) is 12.4 Å². The lowest BCUT2D eigenvalue weighted by atomic mass is 10.2. The van der Waals surface area contributed by atoms with Crippen molar-refractivity contribution >= 4 is 12.4 Å². The molecule has 2 heterocycles. The first kappa shape index (κ1) is 15.5. The fraction of sp³-hybridized carbons (Fsp3) is 0.263. The summed E-state index contributed by atoms with van der Waals surface area (Å²) in [7, 11) is 0. The molecule has 6 nitrogen and oxygen atoms in total. The highest BCUT2D eigenvalue weighted by atomic mass is 16.7. The maximum Gasteiger partial charge on any atom is 0.231 e. The molecule has 6 heteroatoms. The van der Waals surface area contributed by atoms with Crippen LogP contribution in [0.15, 0.2) is 46.4 Å². The molecule has 2 aromatic rings. The van der Waals surface area contributed by atoms with Gasteiger partial charge in [-0.3, -0.25) is 9.98 Å². The van der Waals surface area contributed by atoms with Crippen molar-refractivity contribution in [2.45, 2.75) is 13.0 Å². The zero-order valence-electron chi connectivity index (χ0n) is 13.8. The fourth-order valence-electron chi connectivity index (χ4n) is 2.56. The summed E-state index contributed by atoms with van der Waals surface area (Å²) in [5.74, 6) is 3.08. The van der Waals surface area contributed by atoms with Gasteiger partial charge in [0.2, 0.25) is 13.6 Å². The van der Waals surface area contributed by atoms with E-state index in [1.807, 2.05) is 55.8 Å². The third-order valence-corrected chi connectivity index (χ3v) is 3.88. The highest BCUT2D eigenvalue weighted by molar-refractivity contribution is 5.82. The molecule has 0 radical (unpaired) electrons. The van der Waals surface area contributed by atoms with Gasteiger partial charge in [-0.2, -0.15) is 0 Å². The predicted octanol–water partition coefficient (Wildman–Crippen LogP) is 3.07. The standard InChI is InChI=1S/C19H18N2O4/c1-13(21-10-15-3-5-17-19(7-15)25-12-23-17)8-20-9-14-2-4-16-18(6-14)24-11-22-16/h2-7,9-10,13H,8,11-12H2,1H3/t13-/m1/s1. The van der Waals surface area contributed by atoms with E-state index in [-0.39, 0.29) is 19.6 Å². The van der Waals surface area contributed by atoms with Crippen LogP contribution in [0.4, 0.5) is 0 Å². The average Bonchev–Trinajstić information content (AvgIpc) is 3.28. The van der Waals surface area contributed by atoms with Gasteiger partial charge in [0.05, 0.1) is 12.6 Å². The predicted molar refractivity (Wildman–Crippen MR) is 94.6 cm³/mol. The van der Waals surface area contributed by atoms with Crippen molar-refractivity contribution in [3.8, 4) is 23.0 Å². The topological polar surface area (TPSA) is 61.6 Å². The summed E-state index contributed by atoms with van der Waals surface area (Å²) in [6, 6.07) is 11.6. The molecule has 2 aliphatic heterocycles. The summed E-state index contributed by atoms with van der Waals surface area (Å²) in [5, 5.41) is 0. The molecule has 128 valence electrons. The molecule has 0 saturated heterocycles. The molecule has 0 aliphatic carbocycles. The minimum atomic E-state index is 0.0793. The Hall–Kier alpha value is -3.02. The van der Waals surface area contributed by atoms with Crippen LogP contribution in [0.3, 0.4) is 0 Å². The van der Waals surface area contributed by atoms with E-state index in [9.17, 15) is 0 Å². The van der Waals surface area contributed by atoms with Crippen molar-refractivity contribution in [1.82, 2.24) is 0 Å². The summed E-state index contributed by atoms with van der Waals surface area (Å²) in [5.41, 5.74) is 1.96. The second-order valence-electron chi connectivity index (χ2n) is 5.85. The first-order chi connectivity index (χ1) is 12.3. The quantitative estimate of drug-likeness (QED) is 0.786. The Morgan fingerprint density at radius 2 is 1.40 bits per heavy atom. The van der Waals surface area contributed by atoms with E-state index in [2.05, 4.69) is 9.98 Å². The van der Waals surface area contributed by atoms with Gasteiger partial charge in [-0.25, -0.2) is 0 Å². The summed E-state index contributed by atoms with van der Waals surface area (Å²) >= 11 is 0. The van der Waals surface area contributed by atoms with Crippen LogP contribution >= 0.6 is 0 Å². The molecular formula is C19H18N2O4. The minimum absolute atomic E-state index is 0.0793. The Bertz CT molecular complexity index is 832. The van der Waals surface area contributed by atoms with Crippen molar-refractivity contribution in [3.05, 3.63) is 47.5 Å². The van der Waals surface area contributed by atoms with Crippen molar-refractivity contribution < 1.29 is 18.9 Å². The van der Waals surface area contributed by atoms with E-state index >= 15 is 0 Å². The van der Waals surface area contributed by atoms with Crippen molar-refractivity contribution in [2.75, 3.05) is 20.1 Å². The molecular weight excluding hydrogens is 320 g/mol.